The zero-order valence-electron chi connectivity index (χ0n) is 9.84. The van der Waals surface area contributed by atoms with Crippen molar-refractivity contribution in [3.05, 3.63) is 46.2 Å². The number of rotatable bonds is 3. The van der Waals surface area contributed by atoms with Crippen LogP contribution in [0.2, 0.25) is 0 Å². The van der Waals surface area contributed by atoms with E-state index in [-0.39, 0.29) is 0 Å². The Morgan fingerprint density at radius 1 is 1.33 bits per heavy atom. The molecule has 1 aromatic carbocycles. The molecule has 0 fully saturated rings. The number of aromatic nitrogens is 2. The van der Waals surface area contributed by atoms with Gasteiger partial charge >= 0.3 is 0 Å². The second-order valence-electron chi connectivity index (χ2n) is 3.94. The number of aromatic amines is 1. The molecule has 0 amide bonds. The Bertz CT molecular complexity index is 663. The van der Waals surface area contributed by atoms with Crippen LogP contribution in [0, 0.1) is 6.92 Å². The molecule has 0 unspecified atom stereocenters. The molecule has 0 aliphatic rings. The highest BCUT2D eigenvalue weighted by molar-refractivity contribution is 7.11. The zero-order valence-corrected chi connectivity index (χ0v) is 10.7. The number of benzene rings is 1. The van der Waals surface area contributed by atoms with Crippen LogP contribution in [0.4, 0.5) is 5.95 Å². The summed E-state index contributed by atoms with van der Waals surface area (Å²) in [6, 6.07) is 9.96. The van der Waals surface area contributed by atoms with Crippen LogP contribution >= 0.6 is 11.3 Å². The van der Waals surface area contributed by atoms with Gasteiger partial charge in [-0.3, -0.25) is 0 Å². The average Bonchev–Trinajstić information content (AvgIpc) is 2.96. The Labute approximate surface area is 108 Å². The summed E-state index contributed by atoms with van der Waals surface area (Å²) >= 11 is 1.67. The molecule has 4 nitrogen and oxygen atoms in total. The van der Waals surface area contributed by atoms with E-state index in [1.807, 2.05) is 30.5 Å². The van der Waals surface area contributed by atoms with E-state index in [1.54, 1.807) is 11.3 Å². The van der Waals surface area contributed by atoms with Crippen molar-refractivity contribution >= 4 is 34.5 Å². The van der Waals surface area contributed by atoms with E-state index in [4.69, 9.17) is 0 Å². The maximum absolute atomic E-state index is 4.38. The molecule has 0 aliphatic heterocycles. The Hall–Kier alpha value is -2.14. The highest BCUT2D eigenvalue weighted by Crippen LogP contribution is 2.14. The number of hydrogen-bond donors (Lipinski definition) is 2. The molecule has 0 aliphatic carbocycles. The number of para-hydroxylation sites is 2. The van der Waals surface area contributed by atoms with Crippen molar-refractivity contribution in [3.63, 3.8) is 0 Å². The van der Waals surface area contributed by atoms with Crippen molar-refractivity contribution in [1.82, 2.24) is 9.97 Å². The lowest BCUT2D eigenvalue weighted by Crippen LogP contribution is -1.91. The molecule has 3 rings (SSSR count). The fourth-order valence-corrected chi connectivity index (χ4v) is 2.46. The first kappa shape index (κ1) is 11.0. The number of aryl methyl sites for hydroxylation is 1. The molecule has 0 saturated carbocycles. The average molecular weight is 256 g/mol. The molecule has 0 radical (unpaired) electrons. The van der Waals surface area contributed by atoms with Crippen molar-refractivity contribution in [1.29, 1.82) is 0 Å². The Kier molecular flexibility index (Phi) is 2.82. The first-order valence-electron chi connectivity index (χ1n) is 5.61. The first-order chi connectivity index (χ1) is 8.83. The van der Waals surface area contributed by atoms with Crippen LogP contribution in [-0.4, -0.2) is 16.2 Å². The molecule has 90 valence electrons. The molecular weight excluding hydrogens is 244 g/mol. The summed E-state index contributed by atoms with van der Waals surface area (Å²) in [5.74, 6) is 0.654. The number of thiophene rings is 1. The summed E-state index contributed by atoms with van der Waals surface area (Å²) in [5, 5.41) is 6.24. The van der Waals surface area contributed by atoms with Gasteiger partial charge in [0.25, 0.3) is 0 Å². The summed E-state index contributed by atoms with van der Waals surface area (Å²) in [4.78, 5) is 8.69. The molecular formula is C13H12N4S. The quantitative estimate of drug-likeness (QED) is 0.557. The second-order valence-corrected chi connectivity index (χ2v) is 4.89. The lowest BCUT2D eigenvalue weighted by atomic mass is 10.3. The number of nitrogens with one attached hydrogen (secondary N) is 2. The standard InChI is InChI=1S/C13H12N4S/c1-9-6-7-18-12(9)8-14-17-13-15-10-4-2-3-5-11(10)16-13/h2-8H,1H3,(H2,15,16,17). The van der Waals surface area contributed by atoms with E-state index < -0.39 is 0 Å². The molecule has 2 N–H and O–H groups in total. The van der Waals surface area contributed by atoms with Crippen LogP contribution < -0.4 is 5.43 Å². The third kappa shape index (κ3) is 2.12. The summed E-state index contributed by atoms with van der Waals surface area (Å²) < 4.78 is 0. The van der Waals surface area contributed by atoms with Crippen LogP contribution in [-0.2, 0) is 0 Å². The van der Waals surface area contributed by atoms with Crippen LogP contribution in [0.15, 0.2) is 40.8 Å². The predicted molar refractivity (Wildman–Crippen MR) is 76.4 cm³/mol. The van der Waals surface area contributed by atoms with Crippen molar-refractivity contribution in [3.8, 4) is 0 Å². The summed E-state index contributed by atoms with van der Waals surface area (Å²) in [6.07, 6.45) is 1.81. The maximum atomic E-state index is 4.38. The van der Waals surface area contributed by atoms with Gasteiger partial charge in [-0.05, 0) is 36.1 Å². The van der Waals surface area contributed by atoms with Gasteiger partial charge in [-0.2, -0.15) is 5.10 Å². The number of hydrogen-bond acceptors (Lipinski definition) is 4. The lowest BCUT2D eigenvalue weighted by Gasteiger charge is -1.92. The monoisotopic (exact) mass is 256 g/mol. The summed E-state index contributed by atoms with van der Waals surface area (Å²) in [7, 11) is 0. The molecule has 2 heterocycles. The van der Waals surface area contributed by atoms with Crippen LogP contribution in [0.1, 0.15) is 10.4 Å². The molecule has 0 bridgehead atoms. The van der Waals surface area contributed by atoms with Crippen molar-refractivity contribution in [2.45, 2.75) is 6.92 Å². The predicted octanol–water partition coefficient (Wildman–Crippen LogP) is 3.38. The minimum absolute atomic E-state index is 0.654. The third-order valence-corrected chi connectivity index (χ3v) is 3.60. The lowest BCUT2D eigenvalue weighted by molar-refractivity contribution is 1.22. The Balaban J connectivity index is 1.77. The number of hydrazone groups is 1. The highest BCUT2D eigenvalue weighted by Gasteiger charge is 1.99. The van der Waals surface area contributed by atoms with Crippen molar-refractivity contribution < 1.29 is 0 Å². The Morgan fingerprint density at radius 3 is 3.00 bits per heavy atom. The minimum Gasteiger partial charge on any atom is -0.323 e. The Morgan fingerprint density at radius 2 is 2.22 bits per heavy atom. The van der Waals surface area contributed by atoms with E-state index in [0.717, 1.165) is 15.9 Å². The van der Waals surface area contributed by atoms with Gasteiger partial charge in [0.2, 0.25) is 5.95 Å². The molecule has 0 spiro atoms. The second kappa shape index (κ2) is 4.62. The van der Waals surface area contributed by atoms with Gasteiger partial charge < -0.3 is 4.98 Å². The SMILES string of the molecule is Cc1ccsc1C=NNc1nc2ccccc2[nH]1. The molecule has 0 saturated heterocycles. The van der Waals surface area contributed by atoms with Gasteiger partial charge in [0.1, 0.15) is 0 Å². The minimum atomic E-state index is 0.654. The fraction of sp³-hybridized carbons (Fsp3) is 0.0769. The topological polar surface area (TPSA) is 53.1 Å². The third-order valence-electron chi connectivity index (χ3n) is 2.64. The number of anilines is 1. The molecule has 5 heteroatoms. The largest absolute Gasteiger partial charge is 0.323 e. The molecule has 3 aromatic rings. The van der Waals surface area contributed by atoms with Gasteiger partial charge in [-0.1, -0.05) is 12.1 Å². The number of H-pyrrole nitrogens is 1. The van der Waals surface area contributed by atoms with Crippen molar-refractivity contribution in [2.24, 2.45) is 5.10 Å². The van der Waals surface area contributed by atoms with Gasteiger partial charge in [-0.25, -0.2) is 10.4 Å². The normalized spacial score (nSPS) is 11.4. The van der Waals surface area contributed by atoms with Crippen LogP contribution in [0.5, 0.6) is 0 Å². The van der Waals surface area contributed by atoms with Crippen LogP contribution in [0.3, 0.4) is 0 Å². The molecule has 2 aromatic heterocycles. The molecule has 0 atom stereocenters. The smallest absolute Gasteiger partial charge is 0.222 e. The van der Waals surface area contributed by atoms with Crippen molar-refractivity contribution in [2.75, 3.05) is 5.43 Å². The number of nitrogens with zero attached hydrogens (tertiary/aromatic N) is 2. The van der Waals surface area contributed by atoms with E-state index in [9.17, 15) is 0 Å². The maximum Gasteiger partial charge on any atom is 0.222 e. The fourth-order valence-electron chi connectivity index (χ4n) is 1.67. The number of fused-ring (bicyclic) bond motifs is 1. The van der Waals surface area contributed by atoms with Gasteiger partial charge in [0.15, 0.2) is 0 Å². The van der Waals surface area contributed by atoms with E-state index in [2.05, 4.69) is 38.9 Å². The van der Waals surface area contributed by atoms with Gasteiger partial charge in [0.05, 0.1) is 17.2 Å². The zero-order chi connectivity index (χ0) is 12.4. The first-order valence-corrected chi connectivity index (χ1v) is 6.49. The summed E-state index contributed by atoms with van der Waals surface area (Å²) in [5.41, 5.74) is 6.08. The van der Waals surface area contributed by atoms with E-state index in [0.29, 0.717) is 5.95 Å². The summed E-state index contributed by atoms with van der Waals surface area (Å²) in [6.45, 7) is 2.07. The number of imidazole rings is 1. The van der Waals surface area contributed by atoms with E-state index in [1.165, 1.54) is 5.56 Å². The highest BCUT2D eigenvalue weighted by atomic mass is 32.1. The van der Waals surface area contributed by atoms with Crippen LogP contribution in [0.25, 0.3) is 11.0 Å². The molecule has 18 heavy (non-hydrogen) atoms. The van der Waals surface area contributed by atoms with Gasteiger partial charge in [-0.15, -0.1) is 11.3 Å². The van der Waals surface area contributed by atoms with E-state index >= 15 is 0 Å². The van der Waals surface area contributed by atoms with Gasteiger partial charge in [0, 0.05) is 4.88 Å².